The molecule has 0 radical (unpaired) electrons. The van der Waals surface area contributed by atoms with Crippen molar-refractivity contribution in [3.05, 3.63) is 39.9 Å². The van der Waals surface area contributed by atoms with Crippen molar-refractivity contribution in [1.29, 1.82) is 0 Å². The van der Waals surface area contributed by atoms with E-state index >= 15 is 0 Å². The first kappa shape index (κ1) is 15.5. The van der Waals surface area contributed by atoms with E-state index in [1.54, 1.807) is 15.6 Å². The molecule has 1 aliphatic heterocycles. The minimum atomic E-state index is -1.31. The Balaban J connectivity index is 2.25. The molecule has 1 fully saturated rings. The summed E-state index contributed by atoms with van der Waals surface area (Å²) in [6, 6.07) is 3.00. The minimum absolute atomic E-state index is 0.0836. The number of halogens is 1. The topological polar surface area (TPSA) is 74.6 Å². The molecule has 122 valence electrons. The van der Waals surface area contributed by atoms with Gasteiger partial charge in [0.15, 0.2) is 0 Å². The lowest BCUT2D eigenvalue weighted by atomic mass is 10.1. The van der Waals surface area contributed by atoms with E-state index in [0.29, 0.717) is 24.3 Å². The first-order valence-corrected chi connectivity index (χ1v) is 7.56. The van der Waals surface area contributed by atoms with Gasteiger partial charge in [-0.25, -0.2) is 14.6 Å². The van der Waals surface area contributed by atoms with E-state index in [4.69, 9.17) is 5.11 Å². The number of aryl methyl sites for hydroxylation is 1. The van der Waals surface area contributed by atoms with Crippen molar-refractivity contribution in [3.63, 3.8) is 0 Å². The number of nitrogens with zero attached hydrogens (tertiary/aromatic N) is 2. The van der Waals surface area contributed by atoms with Crippen molar-refractivity contribution in [2.45, 2.75) is 32.9 Å². The summed E-state index contributed by atoms with van der Waals surface area (Å²) in [4.78, 5) is 23.5. The molecule has 1 atom stereocenters. The number of aromatic nitrogens is 1. The number of carboxylic acid groups (broad SMARTS) is 1. The van der Waals surface area contributed by atoms with Crippen molar-refractivity contribution in [1.82, 2.24) is 9.99 Å². The van der Waals surface area contributed by atoms with Gasteiger partial charge in [0.1, 0.15) is 11.4 Å². The highest BCUT2D eigenvalue weighted by Crippen LogP contribution is 2.26. The Bertz CT molecular complexity index is 847. The van der Waals surface area contributed by atoms with Crippen LogP contribution in [0.5, 0.6) is 0 Å². The third-order valence-corrected chi connectivity index (χ3v) is 4.17. The summed E-state index contributed by atoms with van der Waals surface area (Å²) in [6.45, 7) is 5.01. The number of nitrogens with one attached hydrogen (secondary N) is 1. The predicted octanol–water partition coefficient (Wildman–Crippen LogP) is 1.96. The summed E-state index contributed by atoms with van der Waals surface area (Å²) in [5.74, 6) is -1.85. The molecule has 2 aromatic rings. The van der Waals surface area contributed by atoms with Crippen LogP contribution in [0.4, 0.5) is 10.1 Å². The van der Waals surface area contributed by atoms with Gasteiger partial charge in [-0.3, -0.25) is 4.79 Å². The van der Waals surface area contributed by atoms with Crippen LogP contribution in [0.25, 0.3) is 10.9 Å². The number of carbonyl (C=O) groups is 1. The highest BCUT2D eigenvalue weighted by Gasteiger charge is 2.23. The molecule has 1 saturated heterocycles. The zero-order valence-corrected chi connectivity index (χ0v) is 13.0. The van der Waals surface area contributed by atoms with Gasteiger partial charge < -0.3 is 14.7 Å². The van der Waals surface area contributed by atoms with Gasteiger partial charge in [0, 0.05) is 30.7 Å². The van der Waals surface area contributed by atoms with Gasteiger partial charge in [-0.15, -0.1) is 0 Å². The third kappa shape index (κ3) is 2.57. The fourth-order valence-corrected chi connectivity index (χ4v) is 2.93. The van der Waals surface area contributed by atoms with E-state index in [2.05, 4.69) is 5.43 Å². The van der Waals surface area contributed by atoms with Crippen LogP contribution >= 0.6 is 0 Å². The van der Waals surface area contributed by atoms with E-state index in [9.17, 15) is 14.0 Å². The Morgan fingerprint density at radius 3 is 2.78 bits per heavy atom. The predicted molar refractivity (Wildman–Crippen MR) is 85.4 cm³/mol. The standard InChI is InChI=1S/C16H18FN3O3/c1-3-19-8-11(16(22)23)15(21)10-6-12(17)14(7-13(10)19)20-5-4-9(2)18-20/h6-9,18H,3-5H2,1-2H3,(H,22,23). The van der Waals surface area contributed by atoms with Crippen LogP contribution in [-0.4, -0.2) is 28.2 Å². The molecule has 1 unspecified atom stereocenters. The van der Waals surface area contributed by atoms with Crippen LogP contribution < -0.4 is 15.9 Å². The summed E-state index contributed by atoms with van der Waals surface area (Å²) in [5, 5.41) is 11.0. The molecule has 0 spiro atoms. The van der Waals surface area contributed by atoms with Crippen LogP contribution in [0.1, 0.15) is 30.6 Å². The number of hydrazine groups is 1. The van der Waals surface area contributed by atoms with Crippen LogP contribution in [-0.2, 0) is 6.54 Å². The van der Waals surface area contributed by atoms with Gasteiger partial charge in [0.05, 0.1) is 11.2 Å². The fourth-order valence-electron chi connectivity index (χ4n) is 2.93. The zero-order valence-electron chi connectivity index (χ0n) is 13.0. The minimum Gasteiger partial charge on any atom is -0.477 e. The Morgan fingerprint density at radius 2 is 2.22 bits per heavy atom. The Kier molecular flexibility index (Phi) is 3.81. The number of carboxylic acids is 1. The molecular weight excluding hydrogens is 301 g/mol. The SMILES string of the molecule is CCn1cc(C(=O)O)c(=O)c2cc(F)c(N3CCC(C)N3)cc21. The first-order valence-electron chi connectivity index (χ1n) is 7.56. The zero-order chi connectivity index (χ0) is 16.7. The number of rotatable bonds is 3. The average Bonchev–Trinajstić information content (AvgIpc) is 2.93. The molecule has 0 saturated carbocycles. The number of aromatic carboxylic acids is 1. The molecular formula is C16H18FN3O3. The summed E-state index contributed by atoms with van der Waals surface area (Å²) in [6.07, 6.45) is 2.21. The van der Waals surface area contributed by atoms with E-state index in [0.717, 1.165) is 12.5 Å². The van der Waals surface area contributed by atoms with Crippen LogP contribution in [0, 0.1) is 5.82 Å². The van der Waals surface area contributed by atoms with Gasteiger partial charge in [-0.2, -0.15) is 0 Å². The number of hydrogen-bond donors (Lipinski definition) is 2. The van der Waals surface area contributed by atoms with Gasteiger partial charge in [0.25, 0.3) is 0 Å². The van der Waals surface area contributed by atoms with Gasteiger partial charge >= 0.3 is 5.97 Å². The van der Waals surface area contributed by atoms with Crippen LogP contribution in [0.3, 0.4) is 0 Å². The molecule has 3 rings (SSSR count). The quantitative estimate of drug-likeness (QED) is 0.904. The van der Waals surface area contributed by atoms with Crippen molar-refractivity contribution in [3.8, 4) is 0 Å². The number of benzene rings is 1. The normalized spacial score (nSPS) is 17.9. The Labute approximate surface area is 132 Å². The van der Waals surface area contributed by atoms with E-state index < -0.39 is 17.2 Å². The summed E-state index contributed by atoms with van der Waals surface area (Å²) in [7, 11) is 0. The monoisotopic (exact) mass is 319 g/mol. The molecule has 0 amide bonds. The number of hydrogen-bond acceptors (Lipinski definition) is 4. The molecule has 6 nitrogen and oxygen atoms in total. The van der Waals surface area contributed by atoms with Gasteiger partial charge in [0.2, 0.25) is 5.43 Å². The fraction of sp³-hybridized carbons (Fsp3) is 0.375. The van der Waals surface area contributed by atoms with Gasteiger partial charge in [-0.1, -0.05) is 0 Å². The van der Waals surface area contributed by atoms with Crippen molar-refractivity contribution >= 4 is 22.6 Å². The summed E-state index contributed by atoms with van der Waals surface area (Å²) < 4.78 is 16.1. The van der Waals surface area contributed by atoms with Crippen LogP contribution in [0.15, 0.2) is 23.1 Å². The smallest absolute Gasteiger partial charge is 0.341 e. The summed E-state index contributed by atoms with van der Waals surface area (Å²) >= 11 is 0. The second-order valence-corrected chi connectivity index (χ2v) is 5.75. The second kappa shape index (κ2) is 5.66. The van der Waals surface area contributed by atoms with Crippen LogP contribution in [0.2, 0.25) is 0 Å². The second-order valence-electron chi connectivity index (χ2n) is 5.75. The molecule has 0 bridgehead atoms. The van der Waals surface area contributed by atoms with E-state index in [1.165, 1.54) is 6.20 Å². The van der Waals surface area contributed by atoms with Gasteiger partial charge in [-0.05, 0) is 32.4 Å². The molecule has 1 aromatic carbocycles. The number of pyridine rings is 1. The average molecular weight is 319 g/mol. The maximum Gasteiger partial charge on any atom is 0.341 e. The maximum absolute atomic E-state index is 14.5. The largest absolute Gasteiger partial charge is 0.477 e. The number of fused-ring (bicyclic) bond motifs is 1. The first-order chi connectivity index (χ1) is 10.9. The molecule has 1 aromatic heterocycles. The Morgan fingerprint density at radius 1 is 1.48 bits per heavy atom. The molecule has 2 N–H and O–H groups in total. The Hall–Kier alpha value is -2.41. The highest BCUT2D eigenvalue weighted by atomic mass is 19.1. The lowest BCUT2D eigenvalue weighted by Crippen LogP contribution is -2.35. The summed E-state index contributed by atoms with van der Waals surface area (Å²) in [5.41, 5.74) is 3.05. The van der Waals surface area contributed by atoms with Crippen molar-refractivity contribution in [2.75, 3.05) is 11.6 Å². The molecule has 1 aliphatic rings. The lowest BCUT2D eigenvalue weighted by Gasteiger charge is -2.21. The lowest BCUT2D eigenvalue weighted by molar-refractivity contribution is 0.0695. The number of anilines is 1. The van der Waals surface area contributed by atoms with Crippen molar-refractivity contribution in [2.24, 2.45) is 0 Å². The molecule has 23 heavy (non-hydrogen) atoms. The molecule has 2 heterocycles. The third-order valence-electron chi connectivity index (χ3n) is 4.17. The maximum atomic E-state index is 14.5. The highest BCUT2D eigenvalue weighted by molar-refractivity contribution is 5.93. The molecule has 0 aliphatic carbocycles. The van der Waals surface area contributed by atoms with E-state index in [1.807, 2.05) is 13.8 Å². The van der Waals surface area contributed by atoms with E-state index in [-0.39, 0.29) is 17.0 Å². The molecule has 7 heteroatoms. The van der Waals surface area contributed by atoms with Crippen molar-refractivity contribution < 1.29 is 14.3 Å².